The molecule has 1 saturated heterocycles. The van der Waals surface area contributed by atoms with E-state index in [0.29, 0.717) is 28.6 Å². The van der Waals surface area contributed by atoms with Gasteiger partial charge >= 0.3 is 6.03 Å². The molecule has 0 radical (unpaired) electrons. The van der Waals surface area contributed by atoms with Gasteiger partial charge in [0.25, 0.3) is 11.8 Å². The Kier molecular flexibility index (Phi) is 6.80. The lowest BCUT2D eigenvalue weighted by Crippen LogP contribution is -2.54. The zero-order valence-corrected chi connectivity index (χ0v) is 20.4. The van der Waals surface area contributed by atoms with Crippen LogP contribution in [-0.4, -0.2) is 17.8 Å². The van der Waals surface area contributed by atoms with Crippen molar-refractivity contribution < 1.29 is 19.1 Å². The SMILES string of the molecule is Cc1ccc(N2C(=O)NC(=O)/C(=C\c3ccc(OCc4ccccc4Cl)c(I)c3)C2=O)cc1. The molecule has 0 aromatic heterocycles. The van der Waals surface area contributed by atoms with Crippen LogP contribution in [0, 0.1) is 10.5 Å². The Morgan fingerprint density at radius 3 is 2.45 bits per heavy atom. The van der Waals surface area contributed by atoms with Gasteiger partial charge in [-0.05, 0) is 71.5 Å². The maximum atomic E-state index is 13.0. The first kappa shape index (κ1) is 23.0. The van der Waals surface area contributed by atoms with E-state index < -0.39 is 17.8 Å². The highest BCUT2D eigenvalue weighted by molar-refractivity contribution is 14.1. The van der Waals surface area contributed by atoms with E-state index in [9.17, 15) is 14.4 Å². The lowest BCUT2D eigenvalue weighted by atomic mass is 10.1. The molecule has 0 atom stereocenters. The normalized spacial score (nSPS) is 15.1. The standard InChI is InChI=1S/C25H18ClIN2O4/c1-15-6-9-18(10-7-15)29-24(31)19(23(30)28-25(29)32)12-16-8-11-22(21(27)13-16)33-14-17-4-2-3-5-20(17)26/h2-13H,14H2,1H3,(H,28,30,32)/b19-12+. The second kappa shape index (κ2) is 9.76. The lowest BCUT2D eigenvalue weighted by Gasteiger charge is -2.26. The van der Waals surface area contributed by atoms with Gasteiger partial charge in [0.05, 0.1) is 9.26 Å². The molecule has 0 unspecified atom stereocenters. The van der Waals surface area contributed by atoms with Gasteiger partial charge in [-0.2, -0.15) is 0 Å². The molecule has 1 N–H and O–H groups in total. The Hall–Kier alpha value is -3.17. The summed E-state index contributed by atoms with van der Waals surface area (Å²) < 4.78 is 6.67. The van der Waals surface area contributed by atoms with E-state index in [1.54, 1.807) is 48.5 Å². The summed E-state index contributed by atoms with van der Waals surface area (Å²) in [5.41, 5.74) is 2.74. The van der Waals surface area contributed by atoms with Crippen molar-refractivity contribution in [3.8, 4) is 5.75 Å². The molecule has 0 aliphatic carbocycles. The van der Waals surface area contributed by atoms with Gasteiger partial charge in [0.1, 0.15) is 17.9 Å². The van der Waals surface area contributed by atoms with Crippen LogP contribution in [0.5, 0.6) is 5.75 Å². The highest BCUT2D eigenvalue weighted by Gasteiger charge is 2.36. The molecule has 4 rings (SSSR count). The number of anilines is 1. The molecule has 3 aromatic rings. The molecule has 1 heterocycles. The minimum absolute atomic E-state index is 0.129. The van der Waals surface area contributed by atoms with Crippen molar-refractivity contribution in [2.45, 2.75) is 13.5 Å². The van der Waals surface area contributed by atoms with E-state index in [0.717, 1.165) is 19.6 Å². The molecular formula is C25H18ClIN2O4. The summed E-state index contributed by atoms with van der Waals surface area (Å²) in [5.74, 6) is -0.766. The predicted octanol–water partition coefficient (Wildman–Crippen LogP) is 5.50. The average Bonchev–Trinajstić information content (AvgIpc) is 2.78. The molecule has 1 aliphatic rings. The Balaban J connectivity index is 1.57. The van der Waals surface area contributed by atoms with Gasteiger partial charge in [-0.1, -0.05) is 53.6 Å². The summed E-state index contributed by atoms with van der Waals surface area (Å²) >= 11 is 8.30. The highest BCUT2D eigenvalue weighted by atomic mass is 127. The molecular weight excluding hydrogens is 555 g/mol. The second-order valence-electron chi connectivity index (χ2n) is 7.36. The van der Waals surface area contributed by atoms with Crippen LogP contribution in [-0.2, 0) is 16.2 Å². The number of aryl methyl sites for hydroxylation is 1. The molecule has 0 bridgehead atoms. The van der Waals surface area contributed by atoms with Crippen molar-refractivity contribution in [2.24, 2.45) is 0 Å². The topological polar surface area (TPSA) is 75.7 Å². The van der Waals surface area contributed by atoms with E-state index in [1.807, 2.05) is 25.1 Å². The molecule has 33 heavy (non-hydrogen) atoms. The summed E-state index contributed by atoms with van der Waals surface area (Å²) in [7, 11) is 0. The number of halogens is 2. The zero-order valence-electron chi connectivity index (χ0n) is 17.5. The third kappa shape index (κ3) is 5.09. The maximum absolute atomic E-state index is 13.0. The maximum Gasteiger partial charge on any atom is 0.335 e. The average molecular weight is 573 g/mol. The fourth-order valence-corrected chi connectivity index (χ4v) is 4.13. The third-order valence-corrected chi connectivity index (χ3v) is 6.21. The first-order valence-electron chi connectivity index (χ1n) is 9.97. The van der Waals surface area contributed by atoms with E-state index in [4.69, 9.17) is 16.3 Å². The number of rotatable bonds is 5. The highest BCUT2D eigenvalue weighted by Crippen LogP contribution is 2.27. The monoisotopic (exact) mass is 572 g/mol. The Labute approximate surface area is 209 Å². The predicted molar refractivity (Wildman–Crippen MR) is 135 cm³/mol. The second-order valence-corrected chi connectivity index (χ2v) is 8.93. The van der Waals surface area contributed by atoms with Crippen LogP contribution in [0.25, 0.3) is 6.08 Å². The Morgan fingerprint density at radius 1 is 1.03 bits per heavy atom. The van der Waals surface area contributed by atoms with E-state index in [2.05, 4.69) is 27.9 Å². The van der Waals surface area contributed by atoms with Gasteiger partial charge in [0, 0.05) is 10.6 Å². The fourth-order valence-electron chi connectivity index (χ4n) is 3.25. The third-order valence-electron chi connectivity index (χ3n) is 5.00. The largest absolute Gasteiger partial charge is 0.488 e. The zero-order chi connectivity index (χ0) is 23.5. The molecule has 1 fully saturated rings. The van der Waals surface area contributed by atoms with Gasteiger partial charge in [0.15, 0.2) is 0 Å². The molecule has 4 amide bonds. The molecule has 3 aromatic carbocycles. The molecule has 6 nitrogen and oxygen atoms in total. The number of nitrogens with one attached hydrogen (secondary N) is 1. The number of carbonyl (C=O) groups excluding carboxylic acids is 3. The molecule has 8 heteroatoms. The number of hydrogen-bond donors (Lipinski definition) is 1. The van der Waals surface area contributed by atoms with Crippen LogP contribution in [0.15, 0.2) is 72.3 Å². The molecule has 166 valence electrons. The number of urea groups is 1. The number of amides is 4. The van der Waals surface area contributed by atoms with E-state index in [-0.39, 0.29) is 5.57 Å². The quantitative estimate of drug-likeness (QED) is 0.249. The summed E-state index contributed by atoms with van der Waals surface area (Å²) in [6.07, 6.45) is 1.46. The van der Waals surface area contributed by atoms with Crippen LogP contribution in [0.3, 0.4) is 0 Å². The van der Waals surface area contributed by atoms with Crippen LogP contribution < -0.4 is 15.0 Å². The molecule has 0 saturated carbocycles. The van der Waals surface area contributed by atoms with Gasteiger partial charge in [-0.25, -0.2) is 9.69 Å². The Bertz CT molecular complexity index is 1290. The van der Waals surface area contributed by atoms with Crippen molar-refractivity contribution in [3.63, 3.8) is 0 Å². The van der Waals surface area contributed by atoms with Crippen molar-refractivity contribution in [3.05, 3.63) is 97.6 Å². The molecule has 1 aliphatic heterocycles. The number of imide groups is 2. The van der Waals surface area contributed by atoms with E-state index >= 15 is 0 Å². The van der Waals surface area contributed by atoms with Crippen molar-refractivity contribution in [2.75, 3.05) is 4.90 Å². The lowest BCUT2D eigenvalue weighted by molar-refractivity contribution is -0.122. The summed E-state index contributed by atoms with van der Waals surface area (Å²) in [6, 6.07) is 18.9. The minimum Gasteiger partial charge on any atom is -0.488 e. The van der Waals surface area contributed by atoms with Crippen LogP contribution in [0.1, 0.15) is 16.7 Å². The number of barbiturate groups is 1. The van der Waals surface area contributed by atoms with E-state index in [1.165, 1.54) is 6.08 Å². The van der Waals surface area contributed by atoms with Crippen LogP contribution in [0.2, 0.25) is 5.02 Å². The number of benzene rings is 3. The first-order chi connectivity index (χ1) is 15.8. The van der Waals surface area contributed by atoms with Crippen LogP contribution >= 0.6 is 34.2 Å². The fraction of sp³-hybridized carbons (Fsp3) is 0.0800. The van der Waals surface area contributed by atoms with Gasteiger partial charge in [-0.15, -0.1) is 0 Å². The number of hydrogen-bond acceptors (Lipinski definition) is 4. The van der Waals surface area contributed by atoms with Gasteiger partial charge in [0.2, 0.25) is 0 Å². The van der Waals surface area contributed by atoms with Crippen molar-refractivity contribution >= 4 is 63.8 Å². The van der Waals surface area contributed by atoms with Gasteiger partial charge in [-0.3, -0.25) is 14.9 Å². The number of ether oxygens (including phenoxy) is 1. The number of nitrogens with zero attached hydrogens (tertiary/aromatic N) is 1. The molecule has 0 spiro atoms. The number of carbonyl (C=O) groups is 3. The van der Waals surface area contributed by atoms with Gasteiger partial charge < -0.3 is 4.74 Å². The van der Waals surface area contributed by atoms with Crippen molar-refractivity contribution in [1.82, 2.24) is 5.32 Å². The summed E-state index contributed by atoms with van der Waals surface area (Å²) in [5, 5.41) is 2.86. The Morgan fingerprint density at radius 2 is 1.76 bits per heavy atom. The van der Waals surface area contributed by atoms with Crippen molar-refractivity contribution in [1.29, 1.82) is 0 Å². The minimum atomic E-state index is -0.774. The summed E-state index contributed by atoms with van der Waals surface area (Å²) in [4.78, 5) is 38.7. The summed E-state index contributed by atoms with van der Waals surface area (Å²) in [6.45, 7) is 2.21. The first-order valence-corrected chi connectivity index (χ1v) is 11.4. The smallest absolute Gasteiger partial charge is 0.335 e. The van der Waals surface area contributed by atoms with Crippen LogP contribution in [0.4, 0.5) is 10.5 Å².